The molecule has 0 aliphatic carbocycles. The third-order valence-corrected chi connectivity index (χ3v) is 4.63. The van der Waals surface area contributed by atoms with Crippen molar-refractivity contribution < 1.29 is 4.79 Å². The van der Waals surface area contributed by atoms with Crippen LogP contribution in [0.15, 0.2) is 72.9 Å². The Kier molecular flexibility index (Phi) is 6.09. The van der Waals surface area contributed by atoms with Crippen molar-refractivity contribution in [3.63, 3.8) is 0 Å². The minimum atomic E-state index is -0.356. The summed E-state index contributed by atoms with van der Waals surface area (Å²) in [5.41, 5.74) is 3.63. The smallest absolute Gasteiger partial charge is 0.232 e. The van der Waals surface area contributed by atoms with E-state index in [2.05, 4.69) is 10.3 Å². The minimum Gasteiger partial charge on any atom is -0.378 e. The molecule has 1 aromatic heterocycles. The molecule has 1 heterocycles. The molecule has 27 heavy (non-hydrogen) atoms. The van der Waals surface area contributed by atoms with Crippen molar-refractivity contribution in [1.29, 1.82) is 0 Å². The zero-order valence-electron chi connectivity index (χ0n) is 15.4. The van der Waals surface area contributed by atoms with Crippen molar-refractivity contribution in [3.8, 4) is 0 Å². The van der Waals surface area contributed by atoms with Crippen LogP contribution in [0.1, 0.15) is 17.2 Å². The van der Waals surface area contributed by atoms with E-state index in [9.17, 15) is 4.79 Å². The van der Waals surface area contributed by atoms with Gasteiger partial charge in [-0.05, 0) is 54.1 Å². The maximum absolute atomic E-state index is 13.0. The molecule has 0 saturated carbocycles. The van der Waals surface area contributed by atoms with Crippen molar-refractivity contribution in [3.05, 3.63) is 89.2 Å². The van der Waals surface area contributed by atoms with Gasteiger partial charge in [-0.2, -0.15) is 0 Å². The highest BCUT2D eigenvalue weighted by Gasteiger charge is 2.22. The van der Waals surface area contributed by atoms with Crippen LogP contribution >= 0.6 is 11.6 Å². The lowest BCUT2D eigenvalue weighted by Gasteiger charge is -2.18. The number of rotatable bonds is 6. The second-order valence-corrected chi connectivity index (χ2v) is 7.00. The van der Waals surface area contributed by atoms with Crippen LogP contribution in [-0.4, -0.2) is 25.0 Å². The molecule has 0 fully saturated rings. The monoisotopic (exact) mass is 379 g/mol. The summed E-state index contributed by atoms with van der Waals surface area (Å²) in [6.07, 6.45) is 2.26. The first-order valence-corrected chi connectivity index (χ1v) is 9.14. The molecule has 0 aliphatic heterocycles. The summed E-state index contributed by atoms with van der Waals surface area (Å²) in [6.45, 7) is 0. The Hall–Kier alpha value is -2.85. The normalized spacial score (nSPS) is 11.7. The maximum Gasteiger partial charge on any atom is 0.232 e. The van der Waals surface area contributed by atoms with Crippen LogP contribution in [0.4, 0.5) is 11.4 Å². The highest BCUT2D eigenvalue weighted by atomic mass is 35.5. The molecule has 138 valence electrons. The molecule has 0 saturated heterocycles. The lowest BCUT2D eigenvalue weighted by Crippen LogP contribution is -2.23. The number of pyridine rings is 1. The zero-order valence-corrected chi connectivity index (χ0v) is 16.1. The van der Waals surface area contributed by atoms with Crippen LogP contribution in [0.2, 0.25) is 5.02 Å². The number of amides is 1. The largest absolute Gasteiger partial charge is 0.378 e. The van der Waals surface area contributed by atoms with Crippen LogP contribution in [0.25, 0.3) is 0 Å². The molecule has 5 heteroatoms. The van der Waals surface area contributed by atoms with Gasteiger partial charge in [0.05, 0.1) is 5.92 Å². The van der Waals surface area contributed by atoms with Gasteiger partial charge in [0.25, 0.3) is 0 Å². The van der Waals surface area contributed by atoms with Gasteiger partial charge in [0.1, 0.15) is 0 Å². The van der Waals surface area contributed by atoms with Crippen LogP contribution in [0, 0.1) is 0 Å². The summed E-state index contributed by atoms with van der Waals surface area (Å²) in [6, 6.07) is 20.9. The number of hydrogen-bond acceptors (Lipinski definition) is 3. The molecule has 0 aliphatic rings. The lowest BCUT2D eigenvalue weighted by molar-refractivity contribution is -0.117. The number of benzene rings is 2. The summed E-state index contributed by atoms with van der Waals surface area (Å²) in [5, 5.41) is 3.67. The van der Waals surface area contributed by atoms with Gasteiger partial charge in [-0.3, -0.25) is 9.78 Å². The van der Waals surface area contributed by atoms with Gasteiger partial charge in [-0.15, -0.1) is 0 Å². The van der Waals surface area contributed by atoms with E-state index in [1.54, 1.807) is 6.20 Å². The number of aromatic nitrogens is 1. The Balaban J connectivity index is 1.82. The summed E-state index contributed by atoms with van der Waals surface area (Å²) in [7, 11) is 3.97. The first kappa shape index (κ1) is 18.9. The molecular formula is C22H22ClN3O. The van der Waals surface area contributed by atoms with Gasteiger partial charge < -0.3 is 10.2 Å². The topological polar surface area (TPSA) is 45.2 Å². The average Bonchev–Trinajstić information content (AvgIpc) is 2.68. The number of halogens is 1. The minimum absolute atomic E-state index is 0.0689. The zero-order chi connectivity index (χ0) is 19.2. The van der Waals surface area contributed by atoms with Crippen molar-refractivity contribution in [1.82, 2.24) is 4.98 Å². The molecule has 2 aromatic carbocycles. The molecule has 0 spiro atoms. The van der Waals surface area contributed by atoms with Crippen molar-refractivity contribution in [2.75, 3.05) is 24.3 Å². The van der Waals surface area contributed by atoms with Gasteiger partial charge in [0.15, 0.2) is 0 Å². The third kappa shape index (κ3) is 5.08. The fourth-order valence-electron chi connectivity index (χ4n) is 2.86. The number of anilines is 2. The average molecular weight is 380 g/mol. The molecule has 1 N–H and O–H groups in total. The van der Waals surface area contributed by atoms with Crippen molar-refractivity contribution in [2.24, 2.45) is 0 Å². The van der Waals surface area contributed by atoms with Crippen LogP contribution in [0.5, 0.6) is 0 Å². The van der Waals surface area contributed by atoms with E-state index < -0.39 is 0 Å². The van der Waals surface area contributed by atoms with Crippen LogP contribution < -0.4 is 10.2 Å². The first-order valence-electron chi connectivity index (χ1n) is 8.76. The number of nitrogens with one attached hydrogen (secondary N) is 1. The Morgan fingerprint density at radius 3 is 2.33 bits per heavy atom. The predicted octanol–water partition coefficient (Wildman–Crippen LogP) is 4.77. The summed E-state index contributed by atoms with van der Waals surface area (Å²) < 4.78 is 0. The van der Waals surface area contributed by atoms with Gasteiger partial charge in [0.2, 0.25) is 5.91 Å². The van der Waals surface area contributed by atoms with Gasteiger partial charge in [-0.1, -0.05) is 29.8 Å². The molecular weight excluding hydrogens is 358 g/mol. The Bertz CT molecular complexity index is 878. The Labute approximate surface area is 164 Å². The molecule has 1 atom stereocenters. The first-order chi connectivity index (χ1) is 13.0. The fraction of sp³-hybridized carbons (Fsp3) is 0.182. The predicted molar refractivity (Wildman–Crippen MR) is 112 cm³/mol. The van der Waals surface area contributed by atoms with E-state index in [0.717, 1.165) is 22.6 Å². The van der Waals surface area contributed by atoms with E-state index in [1.807, 2.05) is 85.7 Å². The Morgan fingerprint density at radius 2 is 1.74 bits per heavy atom. The van der Waals surface area contributed by atoms with Gasteiger partial charge in [-0.25, -0.2) is 0 Å². The SMILES string of the molecule is CN(C)c1ccc(NC(=O)C(Cc2ccccn2)c2ccc(Cl)cc2)cc1. The van der Waals surface area contributed by atoms with Crippen LogP contribution in [0.3, 0.4) is 0 Å². The lowest BCUT2D eigenvalue weighted by atomic mass is 9.93. The number of carbonyl (C=O) groups is 1. The van der Waals surface area contributed by atoms with Crippen LogP contribution in [-0.2, 0) is 11.2 Å². The standard InChI is InChI=1S/C22H22ClN3O/c1-26(2)20-12-10-18(11-13-20)25-22(27)21(15-19-5-3-4-14-24-19)16-6-8-17(23)9-7-16/h3-14,21H,15H2,1-2H3,(H,25,27). The summed E-state index contributed by atoms with van der Waals surface area (Å²) in [5.74, 6) is -0.425. The van der Waals surface area contributed by atoms with E-state index in [1.165, 1.54) is 0 Å². The summed E-state index contributed by atoms with van der Waals surface area (Å²) >= 11 is 6.01. The van der Waals surface area contributed by atoms with Crippen molar-refractivity contribution in [2.45, 2.75) is 12.3 Å². The molecule has 0 bridgehead atoms. The highest BCUT2D eigenvalue weighted by Crippen LogP contribution is 2.25. The van der Waals surface area contributed by atoms with E-state index in [-0.39, 0.29) is 11.8 Å². The molecule has 1 amide bonds. The van der Waals surface area contributed by atoms with Gasteiger partial charge in [0, 0.05) is 48.8 Å². The molecule has 4 nitrogen and oxygen atoms in total. The second-order valence-electron chi connectivity index (χ2n) is 6.56. The second kappa shape index (κ2) is 8.69. The van der Waals surface area contributed by atoms with E-state index >= 15 is 0 Å². The number of hydrogen-bond donors (Lipinski definition) is 1. The van der Waals surface area contributed by atoms with E-state index in [4.69, 9.17) is 11.6 Å². The maximum atomic E-state index is 13.0. The molecule has 1 unspecified atom stereocenters. The fourth-order valence-corrected chi connectivity index (χ4v) is 2.98. The Morgan fingerprint density at radius 1 is 1.04 bits per heavy atom. The highest BCUT2D eigenvalue weighted by molar-refractivity contribution is 6.30. The van der Waals surface area contributed by atoms with Gasteiger partial charge >= 0.3 is 0 Å². The summed E-state index contributed by atoms with van der Waals surface area (Å²) in [4.78, 5) is 19.4. The number of nitrogens with zero attached hydrogens (tertiary/aromatic N) is 2. The molecule has 0 radical (unpaired) electrons. The molecule has 3 rings (SSSR count). The van der Waals surface area contributed by atoms with E-state index in [0.29, 0.717) is 11.4 Å². The number of carbonyl (C=O) groups excluding carboxylic acids is 1. The van der Waals surface area contributed by atoms with Crippen molar-refractivity contribution >= 4 is 28.9 Å². The third-order valence-electron chi connectivity index (χ3n) is 4.38. The quantitative estimate of drug-likeness (QED) is 0.671. The molecule has 3 aromatic rings.